The highest BCUT2D eigenvalue weighted by atomic mass is 19.1. The van der Waals surface area contributed by atoms with E-state index in [1.807, 2.05) is 28.8 Å². The lowest BCUT2D eigenvalue weighted by Crippen LogP contribution is -2.46. The lowest BCUT2D eigenvalue weighted by molar-refractivity contribution is -0.121. The van der Waals surface area contributed by atoms with E-state index in [4.69, 9.17) is 0 Å². The number of piperidine rings is 1. The van der Waals surface area contributed by atoms with Gasteiger partial charge in [-0.15, -0.1) is 0 Å². The second-order valence-corrected chi connectivity index (χ2v) is 7.10. The molecule has 0 spiro atoms. The van der Waals surface area contributed by atoms with Gasteiger partial charge in [0.05, 0.1) is 30.0 Å². The molecule has 0 radical (unpaired) electrons. The Bertz CT molecular complexity index is 969. The van der Waals surface area contributed by atoms with Gasteiger partial charge in [0, 0.05) is 12.5 Å². The summed E-state index contributed by atoms with van der Waals surface area (Å²) >= 11 is 0. The van der Waals surface area contributed by atoms with Crippen molar-refractivity contribution in [2.75, 3.05) is 6.54 Å². The zero-order valence-corrected chi connectivity index (χ0v) is 14.9. The van der Waals surface area contributed by atoms with E-state index in [1.165, 1.54) is 12.1 Å². The van der Waals surface area contributed by atoms with Crippen LogP contribution < -0.4 is 5.32 Å². The molecule has 1 aliphatic heterocycles. The van der Waals surface area contributed by atoms with Crippen molar-refractivity contribution < 1.29 is 14.3 Å². The highest BCUT2D eigenvalue weighted by Crippen LogP contribution is 2.25. The number of benzene rings is 2. The molecule has 2 N–H and O–H groups in total. The van der Waals surface area contributed by atoms with E-state index in [0.717, 1.165) is 41.5 Å². The van der Waals surface area contributed by atoms with Crippen LogP contribution in [-0.4, -0.2) is 39.1 Å². The number of hydrogen-bond acceptors (Lipinski definition) is 4. The number of carbonyl (C=O) groups excluding carboxylic acids is 1. The average molecular weight is 367 g/mol. The SMILES string of the molecule is O=C(CC1NCCCC1O)Cn1cnc2ccc(-c3cccc(F)c3)cc21. The van der Waals surface area contributed by atoms with Crippen LogP contribution >= 0.6 is 0 Å². The first-order chi connectivity index (χ1) is 13.1. The molecule has 5 nitrogen and oxygen atoms in total. The van der Waals surface area contributed by atoms with Gasteiger partial charge in [-0.05, 0) is 54.8 Å². The van der Waals surface area contributed by atoms with Crippen molar-refractivity contribution in [3.63, 3.8) is 0 Å². The van der Waals surface area contributed by atoms with Crippen LogP contribution in [0.1, 0.15) is 19.3 Å². The number of hydrogen-bond donors (Lipinski definition) is 2. The van der Waals surface area contributed by atoms with Crippen LogP contribution in [0.3, 0.4) is 0 Å². The van der Waals surface area contributed by atoms with Gasteiger partial charge in [-0.3, -0.25) is 4.79 Å². The van der Waals surface area contributed by atoms with Gasteiger partial charge in [-0.2, -0.15) is 0 Å². The lowest BCUT2D eigenvalue weighted by atomic mass is 9.97. The van der Waals surface area contributed by atoms with Gasteiger partial charge < -0.3 is 15.0 Å². The third-order valence-electron chi connectivity index (χ3n) is 5.12. The summed E-state index contributed by atoms with van der Waals surface area (Å²) in [5.41, 5.74) is 3.28. The van der Waals surface area contributed by atoms with Crippen LogP contribution in [0.15, 0.2) is 48.8 Å². The number of nitrogens with zero attached hydrogens (tertiary/aromatic N) is 2. The maximum absolute atomic E-state index is 13.5. The Morgan fingerprint density at radius 3 is 2.93 bits per heavy atom. The molecule has 1 fully saturated rings. The third-order valence-corrected chi connectivity index (χ3v) is 5.12. The molecule has 0 aliphatic carbocycles. The molecule has 27 heavy (non-hydrogen) atoms. The molecule has 0 amide bonds. The Labute approximate surface area is 156 Å². The number of rotatable bonds is 5. The standard InChI is InChI=1S/C21H22FN3O2/c22-16-4-1-3-14(9-16)15-6-7-18-20(10-15)25(13-24-18)12-17(26)11-19-21(27)5-2-8-23-19/h1,3-4,6-7,9-10,13,19,21,23,27H,2,5,8,11-12H2. The zero-order chi connectivity index (χ0) is 18.8. The number of aliphatic hydroxyl groups excluding tert-OH is 1. The number of ketones is 1. The van der Waals surface area contributed by atoms with Crippen LogP contribution in [0.5, 0.6) is 0 Å². The number of imidazole rings is 1. The fourth-order valence-electron chi connectivity index (χ4n) is 3.67. The van der Waals surface area contributed by atoms with Crippen molar-refractivity contribution in [3.8, 4) is 11.1 Å². The third kappa shape index (κ3) is 3.91. The first kappa shape index (κ1) is 17.8. The zero-order valence-electron chi connectivity index (χ0n) is 14.9. The summed E-state index contributed by atoms with van der Waals surface area (Å²) < 4.78 is 15.3. The normalized spacial score (nSPS) is 20.1. The molecular weight excluding hydrogens is 345 g/mol. The van der Waals surface area contributed by atoms with E-state index >= 15 is 0 Å². The lowest BCUT2D eigenvalue weighted by Gasteiger charge is -2.28. The molecule has 3 aromatic rings. The predicted molar refractivity (Wildman–Crippen MR) is 102 cm³/mol. The number of fused-ring (bicyclic) bond motifs is 1. The molecule has 2 atom stereocenters. The molecular formula is C21H22FN3O2. The van der Waals surface area contributed by atoms with Gasteiger partial charge in [-0.1, -0.05) is 18.2 Å². The molecule has 2 unspecified atom stereocenters. The van der Waals surface area contributed by atoms with Crippen molar-refractivity contribution >= 4 is 16.8 Å². The van der Waals surface area contributed by atoms with Crippen molar-refractivity contribution in [1.82, 2.24) is 14.9 Å². The number of aromatic nitrogens is 2. The smallest absolute Gasteiger partial charge is 0.154 e. The average Bonchev–Trinajstić information content (AvgIpc) is 3.06. The summed E-state index contributed by atoms with van der Waals surface area (Å²) in [6, 6.07) is 12.0. The van der Waals surface area contributed by atoms with Crippen molar-refractivity contribution in [3.05, 3.63) is 54.6 Å². The molecule has 1 aromatic heterocycles. The highest BCUT2D eigenvalue weighted by Gasteiger charge is 2.25. The predicted octanol–water partition coefficient (Wildman–Crippen LogP) is 2.91. The van der Waals surface area contributed by atoms with Crippen LogP contribution in [-0.2, 0) is 11.3 Å². The minimum absolute atomic E-state index is 0.0453. The summed E-state index contributed by atoms with van der Waals surface area (Å²) in [7, 11) is 0. The quantitative estimate of drug-likeness (QED) is 0.728. The maximum atomic E-state index is 13.5. The summed E-state index contributed by atoms with van der Waals surface area (Å²) in [5, 5.41) is 13.3. The summed E-state index contributed by atoms with van der Waals surface area (Å²) in [4.78, 5) is 16.9. The van der Waals surface area contributed by atoms with E-state index in [2.05, 4.69) is 10.3 Å². The fourth-order valence-corrected chi connectivity index (χ4v) is 3.67. The van der Waals surface area contributed by atoms with Gasteiger partial charge in [-0.25, -0.2) is 9.37 Å². The summed E-state index contributed by atoms with van der Waals surface area (Å²) in [6.45, 7) is 1.04. The van der Waals surface area contributed by atoms with Crippen LogP contribution in [0.2, 0.25) is 0 Å². The molecule has 0 bridgehead atoms. The number of carbonyl (C=O) groups is 1. The molecule has 6 heteroatoms. The first-order valence-corrected chi connectivity index (χ1v) is 9.24. The van der Waals surface area contributed by atoms with E-state index in [0.29, 0.717) is 6.42 Å². The Morgan fingerprint density at radius 1 is 1.26 bits per heavy atom. The Kier molecular flexibility index (Phi) is 5.01. The molecule has 2 heterocycles. The number of aliphatic hydroxyl groups is 1. The van der Waals surface area contributed by atoms with Gasteiger partial charge in [0.1, 0.15) is 5.82 Å². The molecule has 1 aliphatic rings. The van der Waals surface area contributed by atoms with Crippen LogP contribution in [0, 0.1) is 5.82 Å². The Morgan fingerprint density at radius 2 is 2.11 bits per heavy atom. The van der Waals surface area contributed by atoms with E-state index in [-0.39, 0.29) is 24.2 Å². The van der Waals surface area contributed by atoms with Gasteiger partial charge in [0.15, 0.2) is 5.78 Å². The monoisotopic (exact) mass is 367 g/mol. The molecule has 140 valence electrons. The topological polar surface area (TPSA) is 67.2 Å². The van der Waals surface area contributed by atoms with Gasteiger partial charge in [0.2, 0.25) is 0 Å². The van der Waals surface area contributed by atoms with Crippen molar-refractivity contribution in [2.24, 2.45) is 0 Å². The number of Topliss-reactive ketones (excluding diaryl/α,β-unsaturated/α-hetero) is 1. The van der Waals surface area contributed by atoms with Crippen molar-refractivity contribution in [2.45, 2.75) is 38.0 Å². The largest absolute Gasteiger partial charge is 0.391 e. The summed E-state index contributed by atoms with van der Waals surface area (Å²) in [6.07, 6.45) is 3.14. The first-order valence-electron chi connectivity index (χ1n) is 9.24. The summed E-state index contributed by atoms with van der Waals surface area (Å²) in [5.74, 6) is -0.237. The number of halogens is 1. The molecule has 1 saturated heterocycles. The second kappa shape index (κ2) is 7.58. The highest BCUT2D eigenvalue weighted by molar-refractivity contribution is 5.85. The second-order valence-electron chi connectivity index (χ2n) is 7.10. The fraction of sp³-hybridized carbons (Fsp3) is 0.333. The van der Waals surface area contributed by atoms with Gasteiger partial charge in [0.25, 0.3) is 0 Å². The van der Waals surface area contributed by atoms with Crippen LogP contribution in [0.4, 0.5) is 4.39 Å². The Hall–Kier alpha value is -2.57. The minimum atomic E-state index is -0.471. The van der Waals surface area contributed by atoms with Crippen molar-refractivity contribution in [1.29, 1.82) is 0 Å². The minimum Gasteiger partial charge on any atom is -0.391 e. The molecule has 0 saturated carbocycles. The maximum Gasteiger partial charge on any atom is 0.154 e. The molecule has 2 aromatic carbocycles. The van der Waals surface area contributed by atoms with E-state index in [1.54, 1.807) is 12.4 Å². The number of nitrogens with one attached hydrogen (secondary N) is 1. The van der Waals surface area contributed by atoms with Gasteiger partial charge >= 0.3 is 0 Å². The van der Waals surface area contributed by atoms with Crippen LogP contribution in [0.25, 0.3) is 22.2 Å². The van der Waals surface area contributed by atoms with E-state index in [9.17, 15) is 14.3 Å². The molecule has 4 rings (SSSR count). The van der Waals surface area contributed by atoms with E-state index < -0.39 is 6.10 Å². The Balaban J connectivity index is 1.55.